The second kappa shape index (κ2) is 8.21. The lowest BCUT2D eigenvalue weighted by Crippen LogP contribution is -2.27. The van der Waals surface area contributed by atoms with Gasteiger partial charge in [0.1, 0.15) is 11.5 Å². The highest BCUT2D eigenvalue weighted by molar-refractivity contribution is 7.17. The van der Waals surface area contributed by atoms with E-state index in [0.29, 0.717) is 16.0 Å². The fraction of sp³-hybridized carbons (Fsp3) is 0.318. The first-order valence-corrected chi connectivity index (χ1v) is 10.6. The van der Waals surface area contributed by atoms with Gasteiger partial charge in [-0.1, -0.05) is 18.2 Å². The molecule has 3 aromatic rings. The van der Waals surface area contributed by atoms with E-state index < -0.39 is 5.97 Å². The summed E-state index contributed by atoms with van der Waals surface area (Å²) in [4.78, 5) is 39.0. The van der Waals surface area contributed by atoms with Crippen LogP contribution < -0.4 is 10.9 Å². The maximum absolute atomic E-state index is 12.7. The predicted octanol–water partition coefficient (Wildman–Crippen LogP) is 3.76. The Balaban J connectivity index is 1.60. The van der Waals surface area contributed by atoms with Crippen LogP contribution in [0.5, 0.6) is 0 Å². The van der Waals surface area contributed by atoms with Crippen molar-refractivity contribution in [2.45, 2.75) is 39.2 Å². The molecule has 6 nitrogen and oxygen atoms in total. The van der Waals surface area contributed by atoms with Gasteiger partial charge < -0.3 is 14.6 Å². The average Bonchev–Trinajstić information content (AvgIpc) is 3.08. The number of fused-ring (bicyclic) bond motifs is 2. The third-order valence-corrected chi connectivity index (χ3v) is 6.31. The van der Waals surface area contributed by atoms with Crippen LogP contribution in [-0.4, -0.2) is 23.1 Å². The molecule has 0 bridgehead atoms. The second-order valence-electron chi connectivity index (χ2n) is 7.02. The molecule has 0 unspecified atom stereocenters. The summed E-state index contributed by atoms with van der Waals surface area (Å²) in [6.07, 6.45) is 5.45. The molecular weight excluding hydrogens is 388 g/mol. The maximum Gasteiger partial charge on any atom is 0.341 e. The fourth-order valence-electron chi connectivity index (χ4n) is 3.75. The zero-order valence-corrected chi connectivity index (χ0v) is 17.0. The van der Waals surface area contributed by atoms with Crippen molar-refractivity contribution in [1.29, 1.82) is 0 Å². The largest absolute Gasteiger partial charge is 0.462 e. The predicted molar refractivity (Wildman–Crippen MR) is 114 cm³/mol. The molecule has 4 rings (SSSR count). The zero-order valence-electron chi connectivity index (χ0n) is 16.2. The van der Waals surface area contributed by atoms with Crippen LogP contribution in [0.3, 0.4) is 0 Å². The van der Waals surface area contributed by atoms with Crippen LogP contribution in [0.4, 0.5) is 5.00 Å². The van der Waals surface area contributed by atoms with Crippen LogP contribution in [0.15, 0.2) is 41.3 Å². The quantitative estimate of drug-likeness (QED) is 0.650. The van der Waals surface area contributed by atoms with Gasteiger partial charge in [-0.2, -0.15) is 0 Å². The second-order valence-corrected chi connectivity index (χ2v) is 8.12. The number of ether oxygens (including phenoxy) is 1. The molecule has 0 spiro atoms. The van der Waals surface area contributed by atoms with Gasteiger partial charge in [-0.05, 0) is 55.7 Å². The molecule has 0 atom stereocenters. The van der Waals surface area contributed by atoms with Crippen molar-refractivity contribution in [2.75, 3.05) is 11.9 Å². The molecule has 2 heterocycles. The van der Waals surface area contributed by atoms with Gasteiger partial charge in [-0.3, -0.25) is 9.59 Å². The first kappa shape index (κ1) is 19.4. The van der Waals surface area contributed by atoms with Gasteiger partial charge in [0.25, 0.3) is 5.56 Å². The number of rotatable bonds is 5. The first-order valence-electron chi connectivity index (χ1n) is 9.78. The Hall–Kier alpha value is -2.93. The Bertz CT molecular complexity index is 1150. The van der Waals surface area contributed by atoms with E-state index in [-0.39, 0.29) is 24.6 Å². The van der Waals surface area contributed by atoms with Gasteiger partial charge in [-0.15, -0.1) is 11.3 Å². The van der Waals surface area contributed by atoms with E-state index in [0.717, 1.165) is 41.5 Å². The number of hydrogen-bond acceptors (Lipinski definition) is 5. The Kier molecular flexibility index (Phi) is 5.49. The number of carbonyl (C=O) groups excluding carboxylic acids is 2. The SMILES string of the molecule is CCOC(=O)c1c(NC(=O)Cn2ccc3ccccc3c2=O)sc2c1CCCC2. The van der Waals surface area contributed by atoms with Gasteiger partial charge in [0.15, 0.2) is 0 Å². The molecule has 29 heavy (non-hydrogen) atoms. The molecule has 1 aliphatic carbocycles. The summed E-state index contributed by atoms with van der Waals surface area (Å²) < 4.78 is 6.61. The van der Waals surface area contributed by atoms with Crippen molar-refractivity contribution >= 4 is 39.0 Å². The lowest BCUT2D eigenvalue weighted by atomic mass is 9.95. The number of amides is 1. The van der Waals surface area contributed by atoms with Crippen LogP contribution in [0.25, 0.3) is 10.8 Å². The summed E-state index contributed by atoms with van der Waals surface area (Å²) in [6.45, 7) is 1.93. The van der Waals surface area contributed by atoms with Crippen LogP contribution in [0.2, 0.25) is 0 Å². The Labute approximate surface area is 172 Å². The highest BCUT2D eigenvalue weighted by Gasteiger charge is 2.27. The van der Waals surface area contributed by atoms with Gasteiger partial charge in [0, 0.05) is 16.5 Å². The van der Waals surface area contributed by atoms with E-state index in [4.69, 9.17) is 4.74 Å². The molecule has 0 saturated carbocycles. The van der Waals surface area contributed by atoms with E-state index in [1.54, 1.807) is 25.3 Å². The van der Waals surface area contributed by atoms with E-state index in [2.05, 4.69) is 5.32 Å². The first-order chi connectivity index (χ1) is 14.1. The molecule has 1 aliphatic rings. The number of pyridine rings is 1. The molecule has 0 fully saturated rings. The topological polar surface area (TPSA) is 77.4 Å². The van der Waals surface area contributed by atoms with E-state index in [9.17, 15) is 14.4 Å². The van der Waals surface area contributed by atoms with E-state index >= 15 is 0 Å². The van der Waals surface area contributed by atoms with E-state index in [1.807, 2.05) is 18.2 Å². The third-order valence-electron chi connectivity index (χ3n) is 5.10. The number of aromatic nitrogens is 1. The van der Waals surface area contributed by atoms with Crippen molar-refractivity contribution < 1.29 is 14.3 Å². The summed E-state index contributed by atoms with van der Waals surface area (Å²) in [5.41, 5.74) is 1.26. The minimum absolute atomic E-state index is 0.117. The summed E-state index contributed by atoms with van der Waals surface area (Å²) in [5.74, 6) is -0.739. The number of carbonyl (C=O) groups is 2. The molecule has 1 aromatic carbocycles. The minimum Gasteiger partial charge on any atom is -0.462 e. The third kappa shape index (κ3) is 3.82. The van der Waals surface area contributed by atoms with Gasteiger partial charge in [0.05, 0.1) is 12.2 Å². The standard InChI is InChI=1S/C22H22N2O4S/c1-2-28-22(27)19-16-9-5-6-10-17(16)29-20(19)23-18(25)13-24-12-11-14-7-3-4-8-15(14)21(24)26/h3-4,7-8,11-12H,2,5-6,9-10,13H2,1H3,(H,23,25). The van der Waals surface area contributed by atoms with E-state index in [1.165, 1.54) is 15.9 Å². The number of hydrogen-bond donors (Lipinski definition) is 1. The number of aryl methyl sites for hydroxylation is 1. The molecule has 2 aromatic heterocycles. The lowest BCUT2D eigenvalue weighted by molar-refractivity contribution is -0.116. The molecule has 7 heteroatoms. The summed E-state index contributed by atoms with van der Waals surface area (Å²) in [5, 5.41) is 4.78. The van der Waals surface area contributed by atoms with Gasteiger partial charge >= 0.3 is 5.97 Å². The van der Waals surface area contributed by atoms with Crippen molar-refractivity contribution in [3.8, 4) is 0 Å². The van der Waals surface area contributed by atoms with Crippen molar-refractivity contribution in [2.24, 2.45) is 0 Å². The molecule has 1 amide bonds. The Morgan fingerprint density at radius 3 is 2.79 bits per heavy atom. The van der Waals surface area contributed by atoms with Crippen molar-refractivity contribution in [3.05, 3.63) is 62.9 Å². The number of anilines is 1. The molecule has 1 N–H and O–H groups in total. The summed E-state index contributed by atoms with van der Waals surface area (Å²) in [7, 11) is 0. The summed E-state index contributed by atoms with van der Waals surface area (Å²) in [6, 6.07) is 9.10. The van der Waals surface area contributed by atoms with Crippen molar-refractivity contribution in [3.63, 3.8) is 0 Å². The van der Waals surface area contributed by atoms with Gasteiger partial charge in [0.2, 0.25) is 5.91 Å². The number of nitrogens with one attached hydrogen (secondary N) is 1. The van der Waals surface area contributed by atoms with Crippen LogP contribution in [0.1, 0.15) is 40.6 Å². The van der Waals surface area contributed by atoms with Crippen LogP contribution in [0, 0.1) is 0 Å². The smallest absolute Gasteiger partial charge is 0.341 e. The number of esters is 1. The normalized spacial score (nSPS) is 13.1. The average molecular weight is 410 g/mol. The Morgan fingerprint density at radius 1 is 1.17 bits per heavy atom. The highest BCUT2D eigenvalue weighted by atomic mass is 32.1. The fourth-order valence-corrected chi connectivity index (χ4v) is 5.04. The molecule has 150 valence electrons. The number of benzene rings is 1. The van der Waals surface area contributed by atoms with Crippen molar-refractivity contribution in [1.82, 2.24) is 4.57 Å². The maximum atomic E-state index is 12.7. The summed E-state index contributed by atoms with van der Waals surface area (Å²) >= 11 is 1.44. The lowest BCUT2D eigenvalue weighted by Gasteiger charge is -2.12. The highest BCUT2D eigenvalue weighted by Crippen LogP contribution is 2.38. The minimum atomic E-state index is -0.398. The molecule has 0 radical (unpaired) electrons. The Morgan fingerprint density at radius 2 is 1.97 bits per heavy atom. The molecular formula is C22H22N2O4S. The molecule has 0 aliphatic heterocycles. The van der Waals surface area contributed by atoms with Gasteiger partial charge in [-0.25, -0.2) is 4.79 Å². The molecule has 0 saturated heterocycles. The number of thiophene rings is 1. The van der Waals surface area contributed by atoms with Crippen LogP contribution >= 0.6 is 11.3 Å². The van der Waals surface area contributed by atoms with Crippen LogP contribution in [-0.2, 0) is 28.9 Å². The zero-order chi connectivity index (χ0) is 20.4. The number of nitrogens with zero attached hydrogens (tertiary/aromatic N) is 1. The monoisotopic (exact) mass is 410 g/mol.